The van der Waals surface area contributed by atoms with Crippen LogP contribution in [0.25, 0.3) is 10.8 Å². The molecule has 0 saturated heterocycles. The van der Waals surface area contributed by atoms with E-state index in [1.165, 1.54) is 4.90 Å². The molecule has 0 aliphatic carbocycles. The summed E-state index contributed by atoms with van der Waals surface area (Å²) in [6.45, 7) is 5.43. The second-order valence-electron chi connectivity index (χ2n) is 5.89. The van der Waals surface area contributed by atoms with Crippen LogP contribution >= 0.6 is 0 Å². The summed E-state index contributed by atoms with van der Waals surface area (Å²) in [4.78, 5) is 26.9. The van der Waals surface area contributed by atoms with E-state index in [1.807, 2.05) is 37.3 Å². The Morgan fingerprint density at radius 2 is 1.70 bits per heavy atom. The summed E-state index contributed by atoms with van der Waals surface area (Å²) in [7, 11) is 0. The quantitative estimate of drug-likeness (QED) is 0.646. The Bertz CT molecular complexity index is 745. The molecular formula is C19H22N2O2. The minimum absolute atomic E-state index is 0.169. The SMILES string of the molecule is CCCCCN1C(=O)c2cccc3c(NCC)ccc(c23)C1=O. The Hall–Kier alpha value is -2.36. The summed E-state index contributed by atoms with van der Waals surface area (Å²) in [5, 5.41) is 5.03. The van der Waals surface area contributed by atoms with Crippen LogP contribution in [0, 0.1) is 0 Å². The second kappa shape index (κ2) is 6.41. The second-order valence-corrected chi connectivity index (χ2v) is 5.89. The minimum atomic E-state index is -0.169. The average Bonchev–Trinajstić information content (AvgIpc) is 2.57. The highest BCUT2D eigenvalue weighted by atomic mass is 16.2. The van der Waals surface area contributed by atoms with Crippen LogP contribution in [0.2, 0.25) is 0 Å². The lowest BCUT2D eigenvalue weighted by Gasteiger charge is -2.27. The highest BCUT2D eigenvalue weighted by Crippen LogP contribution is 2.34. The van der Waals surface area contributed by atoms with Gasteiger partial charge >= 0.3 is 0 Å². The molecular weight excluding hydrogens is 288 g/mol. The van der Waals surface area contributed by atoms with Gasteiger partial charge in [-0.05, 0) is 31.5 Å². The topological polar surface area (TPSA) is 49.4 Å². The highest BCUT2D eigenvalue weighted by Gasteiger charge is 2.32. The molecule has 0 radical (unpaired) electrons. The van der Waals surface area contributed by atoms with Gasteiger partial charge in [-0.2, -0.15) is 0 Å². The molecule has 1 heterocycles. The van der Waals surface area contributed by atoms with E-state index < -0.39 is 0 Å². The van der Waals surface area contributed by atoms with Gasteiger partial charge in [-0.15, -0.1) is 0 Å². The third-order valence-electron chi connectivity index (χ3n) is 4.34. The highest BCUT2D eigenvalue weighted by molar-refractivity contribution is 6.26. The summed E-state index contributed by atoms with van der Waals surface area (Å²) in [5.41, 5.74) is 2.23. The maximum absolute atomic E-state index is 12.8. The molecule has 0 fully saturated rings. The van der Waals surface area contributed by atoms with Crippen LogP contribution in [-0.4, -0.2) is 29.8 Å². The first kappa shape index (κ1) is 15.5. The van der Waals surface area contributed by atoms with Crippen molar-refractivity contribution < 1.29 is 9.59 Å². The fourth-order valence-corrected chi connectivity index (χ4v) is 3.21. The van der Waals surface area contributed by atoms with Crippen LogP contribution in [0.4, 0.5) is 5.69 Å². The number of amides is 2. The van der Waals surface area contributed by atoms with E-state index in [1.54, 1.807) is 0 Å². The lowest BCUT2D eigenvalue weighted by molar-refractivity contribution is 0.0608. The molecule has 0 aromatic heterocycles. The number of unbranched alkanes of at least 4 members (excludes halogenated alkanes) is 2. The maximum atomic E-state index is 12.8. The Labute approximate surface area is 136 Å². The van der Waals surface area contributed by atoms with Crippen LogP contribution in [-0.2, 0) is 0 Å². The molecule has 0 atom stereocenters. The predicted molar refractivity (Wildman–Crippen MR) is 93.0 cm³/mol. The van der Waals surface area contributed by atoms with Crippen LogP contribution < -0.4 is 5.32 Å². The zero-order chi connectivity index (χ0) is 16.4. The van der Waals surface area contributed by atoms with Crippen molar-refractivity contribution in [1.29, 1.82) is 0 Å². The Morgan fingerprint density at radius 3 is 2.39 bits per heavy atom. The van der Waals surface area contributed by atoms with Gasteiger partial charge < -0.3 is 5.32 Å². The number of rotatable bonds is 6. The Balaban J connectivity index is 2.09. The number of nitrogens with one attached hydrogen (secondary N) is 1. The molecule has 0 spiro atoms. The lowest BCUT2D eigenvalue weighted by Crippen LogP contribution is -2.40. The molecule has 3 rings (SSSR count). The standard InChI is InChI=1S/C19H22N2O2/c1-3-5-6-12-21-18(22)14-9-7-8-13-16(20-4-2)11-10-15(17(13)14)19(21)23/h7-11,20H,3-6,12H2,1-2H3. The number of carbonyl (C=O) groups is 2. The molecule has 4 nitrogen and oxygen atoms in total. The van der Waals surface area contributed by atoms with Crippen LogP contribution in [0.15, 0.2) is 30.3 Å². The molecule has 2 aromatic rings. The molecule has 0 bridgehead atoms. The van der Waals surface area contributed by atoms with Crippen molar-refractivity contribution in [3.05, 3.63) is 41.5 Å². The lowest BCUT2D eigenvalue weighted by atomic mass is 9.93. The Morgan fingerprint density at radius 1 is 0.957 bits per heavy atom. The largest absolute Gasteiger partial charge is 0.385 e. The van der Waals surface area contributed by atoms with Gasteiger partial charge in [0.2, 0.25) is 0 Å². The molecule has 0 saturated carbocycles. The van der Waals surface area contributed by atoms with Crippen molar-refractivity contribution in [3.8, 4) is 0 Å². The van der Waals surface area contributed by atoms with Crippen molar-refractivity contribution in [3.63, 3.8) is 0 Å². The van der Waals surface area contributed by atoms with E-state index in [9.17, 15) is 9.59 Å². The first-order valence-corrected chi connectivity index (χ1v) is 8.34. The first-order chi connectivity index (χ1) is 11.2. The molecule has 2 amide bonds. The monoisotopic (exact) mass is 310 g/mol. The van der Waals surface area contributed by atoms with Gasteiger partial charge in [-0.25, -0.2) is 0 Å². The van der Waals surface area contributed by atoms with Crippen molar-refractivity contribution in [2.75, 3.05) is 18.4 Å². The molecule has 120 valence electrons. The third kappa shape index (κ3) is 2.58. The van der Waals surface area contributed by atoms with Crippen molar-refractivity contribution in [2.45, 2.75) is 33.1 Å². The number of benzene rings is 2. The van der Waals surface area contributed by atoms with E-state index in [-0.39, 0.29) is 11.8 Å². The number of anilines is 1. The fraction of sp³-hybridized carbons (Fsp3) is 0.368. The van der Waals surface area contributed by atoms with Gasteiger partial charge in [0.15, 0.2) is 0 Å². The molecule has 1 N–H and O–H groups in total. The molecule has 0 unspecified atom stereocenters. The summed E-state index contributed by atoms with van der Waals surface area (Å²) in [5.74, 6) is -0.337. The maximum Gasteiger partial charge on any atom is 0.261 e. The number of hydrogen-bond donors (Lipinski definition) is 1. The van der Waals surface area contributed by atoms with Gasteiger partial charge in [0.1, 0.15) is 0 Å². The van der Waals surface area contributed by atoms with E-state index in [4.69, 9.17) is 0 Å². The third-order valence-corrected chi connectivity index (χ3v) is 4.34. The van der Waals surface area contributed by atoms with E-state index >= 15 is 0 Å². The molecule has 23 heavy (non-hydrogen) atoms. The van der Waals surface area contributed by atoms with Crippen LogP contribution in [0.5, 0.6) is 0 Å². The Kier molecular flexibility index (Phi) is 4.33. The zero-order valence-electron chi connectivity index (χ0n) is 13.7. The summed E-state index contributed by atoms with van der Waals surface area (Å²) < 4.78 is 0. The molecule has 1 aliphatic heterocycles. The predicted octanol–water partition coefficient (Wildman–Crippen LogP) is 4.06. The van der Waals surface area contributed by atoms with Gasteiger partial charge in [0.25, 0.3) is 11.8 Å². The molecule has 1 aliphatic rings. The average molecular weight is 310 g/mol. The normalized spacial score (nSPS) is 13.7. The van der Waals surface area contributed by atoms with Gasteiger partial charge in [-0.3, -0.25) is 14.5 Å². The van der Waals surface area contributed by atoms with Crippen molar-refractivity contribution in [1.82, 2.24) is 4.90 Å². The first-order valence-electron chi connectivity index (χ1n) is 8.34. The number of hydrogen-bond acceptors (Lipinski definition) is 3. The van der Waals surface area contributed by atoms with Gasteiger partial charge in [0, 0.05) is 40.7 Å². The van der Waals surface area contributed by atoms with E-state index in [0.29, 0.717) is 17.7 Å². The van der Waals surface area contributed by atoms with Gasteiger partial charge in [-0.1, -0.05) is 31.9 Å². The molecule has 2 aromatic carbocycles. The number of nitrogens with zero attached hydrogens (tertiary/aromatic N) is 1. The van der Waals surface area contributed by atoms with Crippen molar-refractivity contribution >= 4 is 28.3 Å². The molecule has 4 heteroatoms. The van der Waals surface area contributed by atoms with E-state index in [2.05, 4.69) is 12.2 Å². The minimum Gasteiger partial charge on any atom is -0.385 e. The summed E-state index contributed by atoms with van der Waals surface area (Å²) in [6, 6.07) is 9.45. The van der Waals surface area contributed by atoms with Crippen LogP contribution in [0.3, 0.4) is 0 Å². The zero-order valence-corrected chi connectivity index (χ0v) is 13.7. The summed E-state index contributed by atoms with van der Waals surface area (Å²) >= 11 is 0. The fourth-order valence-electron chi connectivity index (χ4n) is 3.21. The van der Waals surface area contributed by atoms with Gasteiger partial charge in [0.05, 0.1) is 0 Å². The van der Waals surface area contributed by atoms with E-state index in [0.717, 1.165) is 42.3 Å². The van der Waals surface area contributed by atoms with Crippen LogP contribution in [0.1, 0.15) is 53.8 Å². The summed E-state index contributed by atoms with van der Waals surface area (Å²) in [6.07, 6.45) is 2.94. The van der Waals surface area contributed by atoms with Crippen molar-refractivity contribution in [2.24, 2.45) is 0 Å². The number of carbonyl (C=O) groups excluding carboxylic acids is 2. The number of imide groups is 1. The smallest absolute Gasteiger partial charge is 0.261 e.